The molecule has 0 spiro atoms. The highest BCUT2D eigenvalue weighted by atomic mass is 16.5. The number of amides is 1. The molecule has 0 aromatic carbocycles. The molecule has 0 aromatic rings. The first kappa shape index (κ1) is 9.44. The summed E-state index contributed by atoms with van der Waals surface area (Å²) in [4.78, 5) is 13.1. The fourth-order valence-corrected chi connectivity index (χ4v) is 1.40. The van der Waals surface area contributed by atoms with Gasteiger partial charge in [-0.15, -0.1) is 0 Å². The summed E-state index contributed by atoms with van der Waals surface area (Å²) in [6.45, 7) is 3.40. The zero-order valence-electron chi connectivity index (χ0n) is 7.41. The molecule has 5 nitrogen and oxygen atoms in total. The summed E-state index contributed by atoms with van der Waals surface area (Å²) in [5.74, 6) is 4.74. The van der Waals surface area contributed by atoms with E-state index in [2.05, 4.69) is 5.43 Å². The van der Waals surface area contributed by atoms with Crippen LogP contribution in [0.1, 0.15) is 6.92 Å². The Labute approximate surface area is 71.8 Å². The molecule has 1 fully saturated rings. The molecule has 1 aliphatic rings. The van der Waals surface area contributed by atoms with Gasteiger partial charge in [-0.05, 0) is 14.0 Å². The van der Waals surface area contributed by atoms with Gasteiger partial charge in [-0.25, -0.2) is 5.84 Å². The molecule has 0 aromatic heterocycles. The van der Waals surface area contributed by atoms with Crippen molar-refractivity contribution >= 4 is 5.91 Å². The lowest BCUT2D eigenvalue weighted by molar-refractivity contribution is -0.144. The number of carbonyl (C=O) groups excluding carboxylic acids is 1. The first-order valence-electron chi connectivity index (χ1n) is 3.98. The maximum Gasteiger partial charge on any atom is 0.264 e. The number of likely N-dealkylation sites (N-methyl/N-ethyl adjacent to an activating group) is 1. The van der Waals surface area contributed by atoms with Crippen molar-refractivity contribution in [3.05, 3.63) is 0 Å². The third-order valence-corrected chi connectivity index (χ3v) is 1.88. The molecule has 0 unspecified atom stereocenters. The van der Waals surface area contributed by atoms with Gasteiger partial charge in [-0.2, -0.15) is 0 Å². The zero-order chi connectivity index (χ0) is 9.14. The molecule has 12 heavy (non-hydrogen) atoms. The van der Waals surface area contributed by atoms with Gasteiger partial charge >= 0.3 is 0 Å². The van der Waals surface area contributed by atoms with Gasteiger partial charge in [-0.3, -0.25) is 10.2 Å². The van der Waals surface area contributed by atoms with Gasteiger partial charge < -0.3 is 9.64 Å². The van der Waals surface area contributed by atoms with Crippen LogP contribution in [-0.2, 0) is 9.53 Å². The number of hydrogen-bond acceptors (Lipinski definition) is 4. The Hall–Kier alpha value is -0.650. The quantitative estimate of drug-likeness (QED) is 0.294. The zero-order valence-corrected chi connectivity index (χ0v) is 7.41. The number of ether oxygens (including phenoxy) is 1. The number of nitrogens with one attached hydrogen (secondary N) is 1. The Morgan fingerprint density at radius 3 is 2.83 bits per heavy atom. The number of hydrazine groups is 1. The highest BCUT2D eigenvalue weighted by Gasteiger charge is 2.27. The lowest BCUT2D eigenvalue weighted by atomic mass is 10.2. The molecule has 3 N–H and O–H groups in total. The summed E-state index contributed by atoms with van der Waals surface area (Å²) in [6, 6.07) is 0. The summed E-state index contributed by atoms with van der Waals surface area (Å²) in [6.07, 6.45) is -0.338. The Morgan fingerprint density at radius 2 is 2.33 bits per heavy atom. The number of morpholine rings is 1. The van der Waals surface area contributed by atoms with Crippen LogP contribution >= 0.6 is 0 Å². The Bertz CT molecular complexity index is 164. The normalized spacial score (nSPS) is 31.6. The van der Waals surface area contributed by atoms with Crippen molar-refractivity contribution in [3.63, 3.8) is 0 Å². The topological polar surface area (TPSA) is 67.6 Å². The van der Waals surface area contributed by atoms with E-state index in [1.165, 1.54) is 0 Å². The van der Waals surface area contributed by atoms with E-state index in [0.29, 0.717) is 6.54 Å². The van der Waals surface area contributed by atoms with Gasteiger partial charge in [0, 0.05) is 13.1 Å². The molecule has 1 saturated heterocycles. The second-order valence-electron chi connectivity index (χ2n) is 3.17. The largest absolute Gasteiger partial charge is 0.363 e. The van der Waals surface area contributed by atoms with E-state index in [1.54, 1.807) is 0 Å². The van der Waals surface area contributed by atoms with E-state index >= 15 is 0 Å². The molecule has 1 aliphatic heterocycles. The van der Waals surface area contributed by atoms with Crippen LogP contribution in [0, 0.1) is 0 Å². The first-order chi connectivity index (χ1) is 5.63. The Kier molecular flexibility index (Phi) is 3.02. The third-order valence-electron chi connectivity index (χ3n) is 1.88. The van der Waals surface area contributed by atoms with Crippen molar-refractivity contribution in [2.75, 3.05) is 20.1 Å². The molecule has 0 aliphatic carbocycles. The van der Waals surface area contributed by atoms with Crippen LogP contribution in [0.5, 0.6) is 0 Å². The average molecular weight is 173 g/mol. The number of carbonyl (C=O) groups is 1. The van der Waals surface area contributed by atoms with Gasteiger partial charge in [0.05, 0.1) is 6.10 Å². The molecule has 1 rings (SSSR count). The second kappa shape index (κ2) is 3.84. The second-order valence-corrected chi connectivity index (χ2v) is 3.17. The van der Waals surface area contributed by atoms with Crippen LogP contribution in [0.4, 0.5) is 0 Å². The molecule has 2 atom stereocenters. The SMILES string of the molecule is C[C@H]1CN(C)C[C@@H](C(=O)NN)O1. The summed E-state index contributed by atoms with van der Waals surface area (Å²) in [7, 11) is 1.95. The molecular formula is C7H15N3O2. The van der Waals surface area contributed by atoms with Gasteiger partial charge in [0.2, 0.25) is 0 Å². The van der Waals surface area contributed by atoms with Gasteiger partial charge in [0.15, 0.2) is 6.10 Å². The van der Waals surface area contributed by atoms with Crippen LogP contribution in [-0.4, -0.2) is 43.2 Å². The fourth-order valence-electron chi connectivity index (χ4n) is 1.40. The number of hydrogen-bond donors (Lipinski definition) is 2. The molecule has 5 heteroatoms. The minimum Gasteiger partial charge on any atom is -0.363 e. The molecular weight excluding hydrogens is 158 g/mol. The lowest BCUT2D eigenvalue weighted by Gasteiger charge is -2.33. The lowest BCUT2D eigenvalue weighted by Crippen LogP contribution is -2.52. The standard InChI is InChI=1S/C7H15N3O2/c1-5-3-10(2)4-6(12-5)7(11)9-8/h5-6H,3-4,8H2,1-2H3,(H,9,11)/t5-,6-/m0/s1. The first-order valence-corrected chi connectivity index (χ1v) is 3.98. The van der Waals surface area contributed by atoms with Crippen LogP contribution < -0.4 is 11.3 Å². The highest BCUT2D eigenvalue weighted by Crippen LogP contribution is 2.08. The van der Waals surface area contributed by atoms with E-state index in [0.717, 1.165) is 6.54 Å². The summed E-state index contributed by atoms with van der Waals surface area (Å²) in [5, 5.41) is 0. The Balaban J connectivity index is 2.49. The molecule has 0 radical (unpaired) electrons. The van der Waals surface area contributed by atoms with Crippen molar-refractivity contribution in [1.29, 1.82) is 0 Å². The fraction of sp³-hybridized carbons (Fsp3) is 0.857. The van der Waals surface area contributed by atoms with Crippen LogP contribution in [0.3, 0.4) is 0 Å². The van der Waals surface area contributed by atoms with Crippen molar-refractivity contribution in [2.24, 2.45) is 5.84 Å². The van der Waals surface area contributed by atoms with Crippen molar-refractivity contribution in [3.8, 4) is 0 Å². The maximum atomic E-state index is 11.1. The van der Waals surface area contributed by atoms with Crippen LogP contribution in [0.2, 0.25) is 0 Å². The Morgan fingerprint density at radius 1 is 1.67 bits per heavy atom. The molecule has 70 valence electrons. The van der Waals surface area contributed by atoms with Crippen molar-refractivity contribution < 1.29 is 9.53 Å². The summed E-state index contributed by atoms with van der Waals surface area (Å²) < 4.78 is 5.38. The molecule has 0 bridgehead atoms. The average Bonchev–Trinajstić information content (AvgIpc) is 2.01. The van der Waals surface area contributed by atoms with Crippen LogP contribution in [0.15, 0.2) is 0 Å². The van der Waals surface area contributed by atoms with Crippen molar-refractivity contribution in [1.82, 2.24) is 10.3 Å². The molecule has 1 heterocycles. The number of nitrogens with zero attached hydrogens (tertiary/aromatic N) is 1. The minimum atomic E-state index is -0.427. The van der Waals surface area contributed by atoms with E-state index in [9.17, 15) is 4.79 Å². The smallest absolute Gasteiger partial charge is 0.264 e. The van der Waals surface area contributed by atoms with Gasteiger partial charge in [0.25, 0.3) is 5.91 Å². The van der Waals surface area contributed by atoms with Gasteiger partial charge in [0.1, 0.15) is 0 Å². The molecule has 1 amide bonds. The monoisotopic (exact) mass is 173 g/mol. The van der Waals surface area contributed by atoms with E-state index in [-0.39, 0.29) is 12.0 Å². The highest BCUT2D eigenvalue weighted by molar-refractivity contribution is 5.80. The van der Waals surface area contributed by atoms with E-state index in [4.69, 9.17) is 10.6 Å². The van der Waals surface area contributed by atoms with E-state index in [1.807, 2.05) is 18.9 Å². The summed E-state index contributed by atoms with van der Waals surface area (Å²) >= 11 is 0. The number of rotatable bonds is 1. The van der Waals surface area contributed by atoms with E-state index < -0.39 is 6.10 Å². The third kappa shape index (κ3) is 2.17. The van der Waals surface area contributed by atoms with Gasteiger partial charge in [-0.1, -0.05) is 0 Å². The number of nitrogens with two attached hydrogens (primary N) is 1. The predicted molar refractivity (Wildman–Crippen MR) is 44.2 cm³/mol. The maximum absolute atomic E-state index is 11.1. The minimum absolute atomic E-state index is 0.0889. The molecule has 0 saturated carbocycles. The predicted octanol–water partition coefficient (Wildman–Crippen LogP) is -1.30. The summed E-state index contributed by atoms with van der Waals surface area (Å²) in [5.41, 5.74) is 2.09. The van der Waals surface area contributed by atoms with Crippen molar-refractivity contribution in [2.45, 2.75) is 19.1 Å². The van der Waals surface area contributed by atoms with Crippen LogP contribution in [0.25, 0.3) is 0 Å².